The third-order valence-electron chi connectivity index (χ3n) is 6.60. The predicted molar refractivity (Wildman–Crippen MR) is 130 cm³/mol. The number of thiophene rings is 1. The zero-order valence-electron chi connectivity index (χ0n) is 19.4. The van der Waals surface area contributed by atoms with E-state index in [0.29, 0.717) is 28.0 Å². The molecule has 1 aliphatic rings. The van der Waals surface area contributed by atoms with E-state index in [4.69, 9.17) is 15.2 Å². The summed E-state index contributed by atoms with van der Waals surface area (Å²) in [6.07, 6.45) is 6.99. The Kier molecular flexibility index (Phi) is 7.29. The van der Waals surface area contributed by atoms with Crippen LogP contribution in [0.3, 0.4) is 0 Å². The molecule has 2 aromatic rings. The SMILES string of the molecule is CCC(C)(C)[C@H]1CCc2c(sc(NC(=O)/C=C/c3ccc(OC)c(OC)c3)c2C(N)=O)C1. The van der Waals surface area contributed by atoms with E-state index in [1.165, 1.54) is 17.4 Å². The fourth-order valence-corrected chi connectivity index (χ4v) is 5.51. The number of benzene rings is 1. The van der Waals surface area contributed by atoms with Gasteiger partial charge in [-0.1, -0.05) is 33.3 Å². The van der Waals surface area contributed by atoms with Crippen LogP contribution in [-0.2, 0) is 17.6 Å². The van der Waals surface area contributed by atoms with E-state index in [9.17, 15) is 9.59 Å². The molecule has 1 aliphatic carbocycles. The second-order valence-electron chi connectivity index (χ2n) is 8.79. The van der Waals surface area contributed by atoms with Crippen molar-refractivity contribution in [2.24, 2.45) is 17.1 Å². The average Bonchev–Trinajstić information content (AvgIpc) is 3.14. The van der Waals surface area contributed by atoms with Crippen molar-refractivity contribution in [3.05, 3.63) is 45.8 Å². The lowest BCUT2D eigenvalue weighted by Crippen LogP contribution is -2.29. The smallest absolute Gasteiger partial charge is 0.251 e. The van der Waals surface area contributed by atoms with Crippen LogP contribution in [-0.4, -0.2) is 26.0 Å². The number of amides is 2. The van der Waals surface area contributed by atoms with Crippen molar-refractivity contribution in [1.82, 2.24) is 0 Å². The summed E-state index contributed by atoms with van der Waals surface area (Å²) in [5.41, 5.74) is 8.20. The molecular weight excluding hydrogens is 424 g/mol. The zero-order valence-corrected chi connectivity index (χ0v) is 20.2. The number of carbonyl (C=O) groups excluding carboxylic acids is 2. The van der Waals surface area contributed by atoms with Gasteiger partial charge < -0.3 is 20.5 Å². The number of ether oxygens (including phenoxy) is 2. The fourth-order valence-electron chi connectivity index (χ4n) is 4.17. The summed E-state index contributed by atoms with van der Waals surface area (Å²) in [6.45, 7) is 6.81. The third kappa shape index (κ3) is 4.99. The van der Waals surface area contributed by atoms with Crippen molar-refractivity contribution in [2.45, 2.75) is 46.5 Å². The molecule has 0 aliphatic heterocycles. The molecule has 172 valence electrons. The minimum Gasteiger partial charge on any atom is -0.493 e. The number of hydrogen-bond acceptors (Lipinski definition) is 5. The van der Waals surface area contributed by atoms with Crippen LogP contribution in [0.5, 0.6) is 11.5 Å². The van der Waals surface area contributed by atoms with Gasteiger partial charge in [-0.3, -0.25) is 9.59 Å². The molecule has 2 amide bonds. The topological polar surface area (TPSA) is 90.7 Å². The molecule has 0 spiro atoms. The summed E-state index contributed by atoms with van der Waals surface area (Å²) in [5, 5.41) is 3.42. The Labute approximate surface area is 193 Å². The molecular formula is C25H32N2O4S. The first kappa shape index (κ1) is 23.9. The lowest BCUT2D eigenvalue weighted by molar-refractivity contribution is -0.111. The highest BCUT2D eigenvalue weighted by Crippen LogP contribution is 2.45. The minimum atomic E-state index is -0.491. The Morgan fingerprint density at radius 1 is 1.25 bits per heavy atom. The standard InChI is InChI=1S/C25H32N2O4S/c1-6-25(2,3)16-9-10-17-20(14-16)32-24(22(17)23(26)29)27-21(28)12-8-15-7-11-18(30-4)19(13-15)31-5/h7-8,11-13,16H,6,9-10,14H2,1-5H3,(H2,26,29)(H,27,28)/b12-8+/t16-/m0/s1. The van der Waals surface area contributed by atoms with Crippen molar-refractivity contribution >= 4 is 34.2 Å². The molecule has 0 bridgehead atoms. The number of nitrogens with two attached hydrogens (primary N) is 1. The summed E-state index contributed by atoms with van der Waals surface area (Å²) < 4.78 is 10.5. The van der Waals surface area contributed by atoms with Crippen molar-refractivity contribution < 1.29 is 19.1 Å². The number of carbonyl (C=O) groups is 2. The van der Waals surface area contributed by atoms with Crippen molar-refractivity contribution in [2.75, 3.05) is 19.5 Å². The summed E-state index contributed by atoms with van der Waals surface area (Å²) in [4.78, 5) is 26.0. The monoisotopic (exact) mass is 456 g/mol. The first-order valence-corrected chi connectivity index (χ1v) is 11.7. The maximum Gasteiger partial charge on any atom is 0.251 e. The van der Waals surface area contributed by atoms with E-state index in [0.717, 1.165) is 41.7 Å². The van der Waals surface area contributed by atoms with Gasteiger partial charge in [0.25, 0.3) is 5.91 Å². The van der Waals surface area contributed by atoms with E-state index < -0.39 is 5.91 Å². The van der Waals surface area contributed by atoms with Crippen LogP contribution < -0.4 is 20.5 Å². The average molecular weight is 457 g/mol. The highest BCUT2D eigenvalue weighted by atomic mass is 32.1. The highest BCUT2D eigenvalue weighted by Gasteiger charge is 2.34. The van der Waals surface area contributed by atoms with E-state index in [1.54, 1.807) is 32.4 Å². The number of nitrogens with one attached hydrogen (secondary N) is 1. The van der Waals surface area contributed by atoms with Crippen LogP contribution in [0, 0.1) is 11.3 Å². The van der Waals surface area contributed by atoms with Crippen molar-refractivity contribution in [3.63, 3.8) is 0 Å². The van der Waals surface area contributed by atoms with Crippen LogP contribution in [0.15, 0.2) is 24.3 Å². The lowest BCUT2D eigenvalue weighted by Gasteiger charge is -2.36. The van der Waals surface area contributed by atoms with E-state index in [-0.39, 0.29) is 11.3 Å². The number of primary amides is 1. The summed E-state index contributed by atoms with van der Waals surface area (Å²) in [7, 11) is 3.14. The van der Waals surface area contributed by atoms with E-state index >= 15 is 0 Å². The maximum atomic E-state index is 12.6. The lowest BCUT2D eigenvalue weighted by atomic mass is 9.69. The van der Waals surface area contributed by atoms with Gasteiger partial charge in [-0.2, -0.15) is 0 Å². The molecule has 1 heterocycles. The summed E-state index contributed by atoms with van der Waals surface area (Å²) >= 11 is 1.48. The number of hydrogen-bond donors (Lipinski definition) is 2. The molecule has 0 fully saturated rings. The number of methoxy groups -OCH3 is 2. The molecule has 1 atom stereocenters. The Hall–Kier alpha value is -2.80. The van der Waals surface area contributed by atoms with Gasteiger partial charge in [0.1, 0.15) is 5.00 Å². The van der Waals surface area contributed by atoms with Gasteiger partial charge in [0.15, 0.2) is 11.5 Å². The number of rotatable bonds is 8. The molecule has 1 aromatic carbocycles. The Balaban J connectivity index is 1.80. The van der Waals surface area contributed by atoms with E-state index in [2.05, 4.69) is 26.1 Å². The van der Waals surface area contributed by atoms with Crippen LogP contribution >= 0.6 is 11.3 Å². The van der Waals surface area contributed by atoms with Gasteiger partial charge in [-0.15, -0.1) is 11.3 Å². The molecule has 32 heavy (non-hydrogen) atoms. The van der Waals surface area contributed by atoms with Crippen molar-refractivity contribution in [3.8, 4) is 11.5 Å². The molecule has 3 N–H and O–H groups in total. The molecule has 7 heteroatoms. The molecule has 3 rings (SSSR count). The summed E-state index contributed by atoms with van der Waals surface area (Å²) in [5.74, 6) is 0.949. The summed E-state index contributed by atoms with van der Waals surface area (Å²) in [6, 6.07) is 5.40. The molecule has 0 unspecified atom stereocenters. The normalized spacial score (nSPS) is 16.0. The Bertz CT molecular complexity index is 1040. The van der Waals surface area contributed by atoms with Gasteiger partial charge in [0, 0.05) is 11.0 Å². The van der Waals surface area contributed by atoms with Gasteiger partial charge in [0.2, 0.25) is 5.91 Å². The van der Waals surface area contributed by atoms with Crippen LogP contribution in [0.2, 0.25) is 0 Å². The quantitative estimate of drug-likeness (QED) is 0.544. The van der Waals surface area contributed by atoms with Gasteiger partial charge in [-0.25, -0.2) is 0 Å². The zero-order chi connectivity index (χ0) is 23.5. The molecule has 1 aromatic heterocycles. The minimum absolute atomic E-state index is 0.236. The fraction of sp³-hybridized carbons (Fsp3) is 0.440. The van der Waals surface area contributed by atoms with Crippen molar-refractivity contribution in [1.29, 1.82) is 0 Å². The largest absolute Gasteiger partial charge is 0.493 e. The van der Waals surface area contributed by atoms with E-state index in [1.807, 2.05) is 6.07 Å². The van der Waals surface area contributed by atoms with Gasteiger partial charge in [0.05, 0.1) is 19.8 Å². The third-order valence-corrected chi connectivity index (χ3v) is 7.77. The second-order valence-corrected chi connectivity index (χ2v) is 9.90. The number of anilines is 1. The number of fused-ring (bicyclic) bond motifs is 1. The Morgan fingerprint density at radius 2 is 1.97 bits per heavy atom. The molecule has 0 saturated carbocycles. The second kappa shape index (κ2) is 9.77. The molecule has 6 nitrogen and oxygen atoms in total. The van der Waals surface area contributed by atoms with Crippen LogP contribution in [0.1, 0.15) is 60.0 Å². The first-order chi connectivity index (χ1) is 15.2. The predicted octanol–water partition coefficient (Wildman–Crippen LogP) is 5.06. The van der Waals surface area contributed by atoms with Gasteiger partial charge >= 0.3 is 0 Å². The van der Waals surface area contributed by atoms with Crippen LogP contribution in [0.25, 0.3) is 6.08 Å². The first-order valence-electron chi connectivity index (χ1n) is 10.9. The Morgan fingerprint density at radius 3 is 2.59 bits per heavy atom. The molecule has 0 radical (unpaired) electrons. The highest BCUT2D eigenvalue weighted by molar-refractivity contribution is 7.17. The van der Waals surface area contributed by atoms with Gasteiger partial charge in [-0.05, 0) is 59.9 Å². The maximum absolute atomic E-state index is 12.6. The molecule has 0 saturated heterocycles. The van der Waals surface area contributed by atoms with Crippen LogP contribution in [0.4, 0.5) is 5.00 Å².